The van der Waals surface area contributed by atoms with Crippen molar-refractivity contribution in [3.05, 3.63) is 64.9 Å². The average molecular weight is 337 g/mol. The van der Waals surface area contributed by atoms with Crippen molar-refractivity contribution < 1.29 is 9.59 Å². The summed E-state index contributed by atoms with van der Waals surface area (Å²) in [5, 5.41) is 2.72. The number of fused-ring (bicyclic) bond motifs is 1. The summed E-state index contributed by atoms with van der Waals surface area (Å²) in [7, 11) is 0. The molecule has 0 bridgehead atoms. The Morgan fingerprint density at radius 3 is 2.46 bits per heavy atom. The van der Waals surface area contributed by atoms with Crippen molar-refractivity contribution in [2.75, 3.05) is 5.32 Å². The van der Waals surface area contributed by atoms with E-state index in [0.29, 0.717) is 10.5 Å². The van der Waals surface area contributed by atoms with Crippen LogP contribution in [-0.4, -0.2) is 21.2 Å². The summed E-state index contributed by atoms with van der Waals surface area (Å²) in [5.41, 5.74) is 2.29. The van der Waals surface area contributed by atoms with Gasteiger partial charge in [-0.2, -0.15) is 0 Å². The molecule has 2 aromatic carbocycles. The third-order valence-electron chi connectivity index (χ3n) is 3.54. The molecule has 0 saturated heterocycles. The molecule has 1 heterocycles. The van der Waals surface area contributed by atoms with E-state index in [-0.39, 0.29) is 11.4 Å². The molecule has 0 aliphatic heterocycles. The van der Waals surface area contributed by atoms with Crippen LogP contribution in [0.4, 0.5) is 5.69 Å². The maximum atomic E-state index is 12.5. The predicted molar refractivity (Wildman–Crippen MR) is 97.1 cm³/mol. The first-order valence-electron chi connectivity index (χ1n) is 7.34. The number of Topliss-reactive ketones (excluding diaryl/α,β-unsaturated/α-hetero) is 1. The molecule has 0 spiro atoms. The van der Waals surface area contributed by atoms with Crippen molar-refractivity contribution >= 4 is 46.8 Å². The molecular formula is C18H15N3O2S. The van der Waals surface area contributed by atoms with Crippen molar-refractivity contribution in [2.45, 2.75) is 6.92 Å². The van der Waals surface area contributed by atoms with Gasteiger partial charge >= 0.3 is 0 Å². The maximum Gasteiger partial charge on any atom is 0.260 e. The van der Waals surface area contributed by atoms with E-state index in [0.717, 1.165) is 11.0 Å². The van der Waals surface area contributed by atoms with E-state index in [4.69, 9.17) is 12.2 Å². The number of para-hydroxylation sites is 3. The molecule has 1 aromatic heterocycles. The molecule has 0 radical (unpaired) electrons. The molecule has 3 rings (SSSR count). The number of nitrogens with one attached hydrogen (secondary N) is 2. The van der Waals surface area contributed by atoms with Gasteiger partial charge in [-0.05, 0) is 43.4 Å². The fraction of sp³-hybridized carbons (Fsp3) is 0.0556. The number of carbonyl (C=O) groups is 2. The lowest BCUT2D eigenvalue weighted by molar-refractivity contribution is -0.118. The number of imidazole rings is 1. The van der Waals surface area contributed by atoms with Gasteiger partial charge in [0.05, 0.1) is 16.6 Å². The van der Waals surface area contributed by atoms with E-state index in [1.807, 2.05) is 42.5 Å². The van der Waals surface area contributed by atoms with Gasteiger partial charge in [0.1, 0.15) is 0 Å². The van der Waals surface area contributed by atoms with Crippen LogP contribution >= 0.6 is 12.2 Å². The Morgan fingerprint density at radius 1 is 1.08 bits per heavy atom. The van der Waals surface area contributed by atoms with E-state index in [1.54, 1.807) is 16.7 Å². The standard InChI is InChI=1S/C18H15N3O2S/c1-12(22)14(17(23)19-13-7-3-2-4-8-13)11-21-16-10-6-5-9-15(16)20-18(21)24/h2-11H,1H3,(H,19,23)(H,20,24). The number of anilines is 1. The Bertz CT molecular complexity index is 1000. The molecule has 24 heavy (non-hydrogen) atoms. The van der Waals surface area contributed by atoms with Crippen molar-refractivity contribution in [2.24, 2.45) is 0 Å². The van der Waals surface area contributed by atoms with Gasteiger partial charge in [-0.15, -0.1) is 0 Å². The monoisotopic (exact) mass is 337 g/mol. The molecular weight excluding hydrogens is 322 g/mol. The smallest absolute Gasteiger partial charge is 0.260 e. The SMILES string of the molecule is CC(=O)C(=Cn1c(=S)[nH]c2ccccc21)C(=O)Nc1ccccc1. The third-order valence-corrected chi connectivity index (χ3v) is 3.84. The Labute approximate surface area is 143 Å². The van der Waals surface area contributed by atoms with Gasteiger partial charge in [0.25, 0.3) is 5.91 Å². The van der Waals surface area contributed by atoms with E-state index < -0.39 is 5.91 Å². The van der Waals surface area contributed by atoms with Crippen LogP contribution in [0.5, 0.6) is 0 Å². The highest BCUT2D eigenvalue weighted by atomic mass is 32.1. The lowest BCUT2D eigenvalue weighted by Gasteiger charge is -2.07. The van der Waals surface area contributed by atoms with E-state index in [2.05, 4.69) is 10.3 Å². The number of H-pyrrole nitrogens is 1. The number of aromatic amines is 1. The Morgan fingerprint density at radius 2 is 1.75 bits per heavy atom. The van der Waals surface area contributed by atoms with Crippen LogP contribution in [0.3, 0.4) is 0 Å². The van der Waals surface area contributed by atoms with Crippen LogP contribution in [0.1, 0.15) is 6.92 Å². The number of aromatic nitrogens is 2. The quantitative estimate of drug-likeness (QED) is 0.330. The van der Waals surface area contributed by atoms with Gasteiger partial charge in [0, 0.05) is 11.9 Å². The van der Waals surface area contributed by atoms with E-state index in [9.17, 15) is 9.59 Å². The highest BCUT2D eigenvalue weighted by molar-refractivity contribution is 7.71. The van der Waals surface area contributed by atoms with Gasteiger partial charge in [0.2, 0.25) is 0 Å². The Hall–Kier alpha value is -2.99. The van der Waals surface area contributed by atoms with Gasteiger partial charge in [-0.3, -0.25) is 14.2 Å². The fourth-order valence-electron chi connectivity index (χ4n) is 2.36. The number of ketones is 1. The molecule has 0 saturated carbocycles. The number of carbonyl (C=O) groups excluding carboxylic acids is 2. The van der Waals surface area contributed by atoms with E-state index in [1.165, 1.54) is 13.1 Å². The number of nitrogens with zero attached hydrogens (tertiary/aromatic N) is 1. The minimum absolute atomic E-state index is 0.0275. The first-order chi connectivity index (χ1) is 11.6. The molecule has 0 unspecified atom stereocenters. The highest BCUT2D eigenvalue weighted by Crippen LogP contribution is 2.16. The second-order valence-corrected chi connectivity index (χ2v) is 5.62. The normalized spacial score (nSPS) is 11.5. The van der Waals surface area contributed by atoms with Gasteiger partial charge in [-0.1, -0.05) is 30.3 Å². The second-order valence-electron chi connectivity index (χ2n) is 5.24. The van der Waals surface area contributed by atoms with Crippen molar-refractivity contribution in [1.82, 2.24) is 9.55 Å². The van der Waals surface area contributed by atoms with Crippen LogP contribution in [0, 0.1) is 4.77 Å². The summed E-state index contributed by atoms with van der Waals surface area (Å²) in [6.45, 7) is 1.36. The van der Waals surface area contributed by atoms with E-state index >= 15 is 0 Å². The topological polar surface area (TPSA) is 66.9 Å². The first kappa shape index (κ1) is 15.9. The average Bonchev–Trinajstić information content (AvgIpc) is 2.88. The lowest BCUT2D eigenvalue weighted by atomic mass is 10.2. The number of amides is 1. The molecule has 3 aromatic rings. The van der Waals surface area contributed by atoms with Gasteiger partial charge in [-0.25, -0.2) is 0 Å². The van der Waals surface area contributed by atoms with Crippen LogP contribution in [0.2, 0.25) is 0 Å². The molecule has 0 aliphatic carbocycles. The highest BCUT2D eigenvalue weighted by Gasteiger charge is 2.16. The molecule has 120 valence electrons. The van der Waals surface area contributed by atoms with Crippen molar-refractivity contribution in [3.8, 4) is 0 Å². The summed E-state index contributed by atoms with van der Waals surface area (Å²) in [4.78, 5) is 27.5. The lowest BCUT2D eigenvalue weighted by Crippen LogP contribution is -2.19. The van der Waals surface area contributed by atoms with Crippen LogP contribution in [0.15, 0.2) is 60.2 Å². The zero-order valence-electron chi connectivity index (χ0n) is 12.9. The fourth-order valence-corrected chi connectivity index (χ4v) is 2.62. The summed E-state index contributed by atoms with van der Waals surface area (Å²) >= 11 is 5.29. The number of hydrogen-bond acceptors (Lipinski definition) is 3. The number of hydrogen-bond donors (Lipinski definition) is 2. The van der Waals surface area contributed by atoms with Crippen LogP contribution in [-0.2, 0) is 9.59 Å². The largest absolute Gasteiger partial charge is 0.330 e. The molecule has 1 amide bonds. The van der Waals surface area contributed by atoms with Gasteiger partial charge < -0.3 is 10.3 Å². The maximum absolute atomic E-state index is 12.5. The summed E-state index contributed by atoms with van der Waals surface area (Å²) in [5.74, 6) is -0.809. The zero-order valence-corrected chi connectivity index (χ0v) is 13.8. The third kappa shape index (κ3) is 3.18. The number of rotatable bonds is 4. The second kappa shape index (κ2) is 6.64. The molecule has 2 N–H and O–H groups in total. The molecule has 0 atom stereocenters. The summed E-state index contributed by atoms with van der Waals surface area (Å²) in [6.07, 6.45) is 1.47. The molecule has 0 fully saturated rings. The first-order valence-corrected chi connectivity index (χ1v) is 7.75. The molecule has 6 heteroatoms. The zero-order chi connectivity index (χ0) is 17.1. The molecule has 5 nitrogen and oxygen atoms in total. The number of benzene rings is 2. The van der Waals surface area contributed by atoms with Crippen LogP contribution < -0.4 is 5.32 Å². The molecule has 0 aliphatic rings. The minimum Gasteiger partial charge on any atom is -0.330 e. The minimum atomic E-state index is -0.471. The Balaban J connectivity index is 2.03. The Kier molecular flexibility index (Phi) is 4.39. The van der Waals surface area contributed by atoms with Crippen LogP contribution in [0.25, 0.3) is 17.2 Å². The summed E-state index contributed by atoms with van der Waals surface area (Å²) < 4.78 is 2.05. The summed E-state index contributed by atoms with van der Waals surface area (Å²) in [6, 6.07) is 16.5. The van der Waals surface area contributed by atoms with Crippen molar-refractivity contribution in [1.29, 1.82) is 0 Å². The van der Waals surface area contributed by atoms with Crippen molar-refractivity contribution in [3.63, 3.8) is 0 Å². The predicted octanol–water partition coefficient (Wildman–Crippen LogP) is 3.77. The van der Waals surface area contributed by atoms with Gasteiger partial charge in [0.15, 0.2) is 10.6 Å².